The predicted molar refractivity (Wildman–Crippen MR) is 320 cm³/mol. The van der Waals surface area contributed by atoms with Crippen LogP contribution >= 0.6 is 0 Å². The van der Waals surface area contributed by atoms with Crippen LogP contribution in [-0.2, 0) is 16.8 Å². The molecule has 0 aliphatic carbocycles. The number of benzene rings is 10. The number of halogens is 22. The monoisotopic (exact) mass is 1500 g/mol. The first kappa shape index (κ1) is 88.6. The van der Waals surface area contributed by atoms with Gasteiger partial charge in [0.05, 0.1) is 0 Å². The smallest absolute Gasteiger partial charge is 1.00 e. The number of hydrogen-bond donors (Lipinski definition) is 6. The summed E-state index contributed by atoms with van der Waals surface area (Å²) in [5, 5.41) is 0. The van der Waals surface area contributed by atoms with Gasteiger partial charge in [-0.3, -0.25) is 0 Å². The van der Waals surface area contributed by atoms with Crippen molar-refractivity contribution in [2.75, 3.05) is 0 Å². The molecule has 0 bridgehead atoms. The molecule has 0 radical (unpaired) electrons. The SMILES string of the molecule is Fc1c(F)c(F)c([B-](c2c(F)c(F)c(F)c(F)c2F)(c2c(F)c(F)c(F)c(F)c2F)c2c(F)c(F)c(F)c(F)c2F)c(F)c1F.NC(c1ccccc1)C(N)c1ccccc1.NC(c1ccccc1)C(N)c1ccccc1.NC(c1ccccc1)C(N)c1ccccc1.O.O.O.[Cl-].[Cl-].[Co+3]. The van der Waals surface area contributed by atoms with Crippen LogP contribution in [0.15, 0.2) is 182 Å². The van der Waals surface area contributed by atoms with Crippen LogP contribution in [0.3, 0.4) is 0 Å². The molecule has 0 aliphatic rings. The van der Waals surface area contributed by atoms with Gasteiger partial charge >= 0.3 is 16.8 Å². The molecule has 0 amide bonds. The molecule has 10 aromatic carbocycles. The zero-order valence-electron chi connectivity index (χ0n) is 50.0. The maximum atomic E-state index is 15.4. The summed E-state index contributed by atoms with van der Waals surface area (Å²) in [4.78, 5) is 0. The molecule has 9 nitrogen and oxygen atoms in total. The minimum Gasteiger partial charge on any atom is -1.00 e. The molecule has 0 heterocycles. The predicted octanol–water partition coefficient (Wildman–Crippen LogP) is 4.54. The summed E-state index contributed by atoms with van der Waals surface area (Å²) in [6.45, 7) is 0. The van der Waals surface area contributed by atoms with E-state index in [1.165, 1.54) is 0 Å². The van der Waals surface area contributed by atoms with E-state index in [-0.39, 0.29) is 94.3 Å². The summed E-state index contributed by atoms with van der Waals surface area (Å²) in [6, 6.07) is 58.7. The first-order valence-electron chi connectivity index (χ1n) is 27.1. The zero-order chi connectivity index (χ0) is 68.5. The van der Waals surface area contributed by atoms with E-state index in [0.29, 0.717) is 0 Å². The maximum absolute atomic E-state index is 15.4. The standard InChI is InChI=1S/C24BF20.3C14H16N2.2ClH.Co.3H2O/c26-5-1(6(27)14(35)21(42)13(5)34)25(2-7(28)15(36)22(43)16(37)8(2)29,3-9(30)17(38)23(44)18(39)10(3)31)4-11(32)19(40)24(45)20(41)12(4)33;3*15-13(11-7-3-1-4-8-11)14(16)12-9-5-2-6-10-12;;;;;;/h;3*1-10,13-14H,15-16H2;2*1H;;3*1H2/q-1;;;;;;+3;;;/p-2. The van der Waals surface area contributed by atoms with E-state index >= 15 is 35.1 Å². The second-order valence-corrected chi connectivity index (χ2v) is 20.4. The Morgan fingerprint density at radius 1 is 0.182 bits per heavy atom. The van der Waals surface area contributed by atoms with Crippen molar-refractivity contribution in [3.8, 4) is 0 Å². The van der Waals surface area contributed by atoms with Crippen molar-refractivity contribution in [2.45, 2.75) is 36.3 Å². The van der Waals surface area contributed by atoms with Crippen molar-refractivity contribution < 1.29 is 146 Å². The molecule has 99 heavy (non-hydrogen) atoms. The molecule has 0 saturated heterocycles. The Morgan fingerprint density at radius 2 is 0.273 bits per heavy atom. The minimum absolute atomic E-state index is 0. The van der Waals surface area contributed by atoms with E-state index in [1.54, 1.807) is 0 Å². The number of rotatable bonds is 13. The third-order valence-corrected chi connectivity index (χ3v) is 15.0. The molecule has 10 aromatic rings. The summed E-state index contributed by atoms with van der Waals surface area (Å²) in [5.74, 6) is -71.4. The van der Waals surface area contributed by atoms with Crippen molar-refractivity contribution in [1.82, 2.24) is 0 Å². The summed E-state index contributed by atoms with van der Waals surface area (Å²) in [7, 11) is 0. The van der Waals surface area contributed by atoms with Crippen LogP contribution in [0.2, 0.25) is 0 Å². The Bertz CT molecular complexity index is 3530. The molecule has 0 fully saturated rings. The van der Waals surface area contributed by atoms with Crippen LogP contribution in [0.25, 0.3) is 0 Å². The van der Waals surface area contributed by atoms with E-state index in [1.807, 2.05) is 182 Å². The minimum atomic E-state index is -7.22. The van der Waals surface area contributed by atoms with Gasteiger partial charge in [-0.1, -0.05) is 182 Å². The van der Waals surface area contributed by atoms with Crippen LogP contribution in [-0.4, -0.2) is 22.6 Å². The Kier molecular flexibility index (Phi) is 34.2. The average molecular weight is 1500 g/mol. The third kappa shape index (κ3) is 18.0. The fraction of sp³-hybridized carbons (Fsp3) is 0.0909. The molecule has 18 N–H and O–H groups in total. The van der Waals surface area contributed by atoms with Gasteiger partial charge in [-0.25, -0.2) is 87.8 Å². The van der Waals surface area contributed by atoms with Gasteiger partial charge in [-0.2, -0.15) is 0 Å². The van der Waals surface area contributed by atoms with Crippen molar-refractivity contribution in [3.05, 3.63) is 332 Å². The first-order chi connectivity index (χ1) is 44.1. The quantitative estimate of drug-likeness (QED) is 0.0419. The van der Waals surface area contributed by atoms with Gasteiger partial charge in [0.1, 0.15) is 52.7 Å². The molecular weight excluding hydrogens is 1450 g/mol. The molecule has 0 aromatic heterocycles. The molecule has 10 rings (SSSR count). The summed E-state index contributed by atoms with van der Waals surface area (Å²) in [5.41, 5.74) is 29.0. The number of nitrogens with two attached hydrogens (primary N) is 6. The van der Waals surface area contributed by atoms with Gasteiger partial charge in [0.2, 0.25) is 0 Å². The van der Waals surface area contributed by atoms with Crippen molar-refractivity contribution >= 4 is 28.0 Å². The topological polar surface area (TPSA) is 251 Å². The molecule has 6 unspecified atom stereocenters. The summed E-state index contributed by atoms with van der Waals surface area (Å²) < 4.78 is 294. The second-order valence-electron chi connectivity index (χ2n) is 20.4. The van der Waals surface area contributed by atoms with E-state index in [2.05, 4.69) is 0 Å². The number of hydrogen-bond acceptors (Lipinski definition) is 6. The van der Waals surface area contributed by atoms with E-state index < -0.39 is 144 Å². The zero-order valence-corrected chi connectivity index (χ0v) is 52.5. The van der Waals surface area contributed by atoms with Gasteiger partial charge < -0.3 is 75.6 Å². The Morgan fingerprint density at radius 3 is 0.374 bits per heavy atom. The van der Waals surface area contributed by atoms with Gasteiger partial charge in [0.15, 0.2) is 69.8 Å². The van der Waals surface area contributed by atoms with Crippen LogP contribution in [0.4, 0.5) is 87.8 Å². The maximum Gasteiger partial charge on any atom is 3.00 e. The van der Waals surface area contributed by atoms with Crippen molar-refractivity contribution in [2.24, 2.45) is 34.4 Å². The van der Waals surface area contributed by atoms with Gasteiger partial charge in [0, 0.05) is 36.3 Å². The third-order valence-electron chi connectivity index (χ3n) is 15.0. The normalized spacial score (nSPS) is 12.4. The summed E-state index contributed by atoms with van der Waals surface area (Å²) in [6.07, 6.45) is -7.22. The van der Waals surface area contributed by atoms with Crippen LogP contribution in [0.5, 0.6) is 0 Å². The molecule has 6 atom stereocenters. The molecule has 33 heteroatoms. The van der Waals surface area contributed by atoms with Crippen molar-refractivity contribution in [3.63, 3.8) is 0 Å². The molecule has 0 spiro atoms. The van der Waals surface area contributed by atoms with Gasteiger partial charge in [-0.05, 0) is 33.4 Å². The van der Waals surface area contributed by atoms with Gasteiger partial charge in [-0.15, -0.1) is 21.9 Å². The Hall–Kier alpha value is -8.41. The van der Waals surface area contributed by atoms with Crippen molar-refractivity contribution in [1.29, 1.82) is 0 Å². The van der Waals surface area contributed by atoms with Crippen LogP contribution in [0, 0.1) is 116 Å². The Labute approximate surface area is 573 Å². The largest absolute Gasteiger partial charge is 3.00 e. The van der Waals surface area contributed by atoms with E-state index in [4.69, 9.17) is 34.4 Å². The first-order valence-corrected chi connectivity index (χ1v) is 27.1. The fourth-order valence-corrected chi connectivity index (χ4v) is 10.2. The average Bonchev–Trinajstić information content (AvgIpc) is 0.682. The molecular formula is C66H54BCl2CoF20N6O3. The van der Waals surface area contributed by atoms with Crippen LogP contribution in [0.1, 0.15) is 69.6 Å². The molecule has 0 saturated carbocycles. The Balaban J connectivity index is 0.000000744. The fourth-order valence-electron chi connectivity index (χ4n) is 10.2. The van der Waals surface area contributed by atoms with Gasteiger partial charge in [0.25, 0.3) is 0 Å². The molecule has 0 aliphatic heterocycles. The van der Waals surface area contributed by atoms with E-state index in [9.17, 15) is 52.7 Å². The second kappa shape index (κ2) is 38.2. The van der Waals surface area contributed by atoms with Crippen LogP contribution < -0.4 is 81.1 Å². The van der Waals surface area contributed by atoms with E-state index in [0.717, 1.165) is 33.4 Å². The molecule has 532 valence electrons. The summed E-state index contributed by atoms with van der Waals surface area (Å²) >= 11 is 0.